The molecule has 10 nitrogen and oxygen atoms in total. The molecule has 0 radical (unpaired) electrons. The molecule has 0 aliphatic carbocycles. The highest BCUT2D eigenvalue weighted by molar-refractivity contribution is 5.38. The summed E-state index contributed by atoms with van der Waals surface area (Å²) >= 11 is 0. The van der Waals surface area contributed by atoms with Gasteiger partial charge >= 0.3 is 5.97 Å². The minimum Gasteiger partial charge on any atom is -0.497 e. The lowest BCUT2D eigenvalue weighted by Gasteiger charge is -2.43. The minimum atomic E-state index is -2.72. The van der Waals surface area contributed by atoms with Crippen LogP contribution >= 0.6 is 0 Å². The first-order chi connectivity index (χ1) is 14.6. The Balaban J connectivity index is 1.96. The second-order valence-corrected chi connectivity index (χ2v) is 7.93. The highest BCUT2D eigenvalue weighted by Crippen LogP contribution is 2.34. The zero-order valence-corrected chi connectivity index (χ0v) is 18.0. The fraction of sp³-hybridized carbons (Fsp3) is 0.571. The van der Waals surface area contributed by atoms with Crippen LogP contribution in [0, 0.1) is 6.92 Å². The normalized spacial score (nSPS) is 28.7. The second kappa shape index (κ2) is 9.11. The van der Waals surface area contributed by atoms with E-state index in [9.17, 15) is 25.5 Å². The third-order valence-electron chi connectivity index (χ3n) is 5.44. The van der Waals surface area contributed by atoms with Crippen LogP contribution in [-0.2, 0) is 11.2 Å². The van der Waals surface area contributed by atoms with Gasteiger partial charge in [-0.2, -0.15) is 0 Å². The van der Waals surface area contributed by atoms with Gasteiger partial charge in [0, 0.05) is 23.7 Å². The van der Waals surface area contributed by atoms with E-state index in [1.165, 1.54) is 0 Å². The molecule has 1 saturated heterocycles. The molecule has 0 amide bonds. The van der Waals surface area contributed by atoms with Crippen LogP contribution in [0.1, 0.15) is 36.7 Å². The molecule has 1 aliphatic rings. The molecule has 2 heterocycles. The van der Waals surface area contributed by atoms with Crippen molar-refractivity contribution >= 4 is 0 Å². The number of aliphatic hydroxyl groups is 5. The standard InChI is InChI=1S/C21H30N2O8/c1-11(2)23-12(3)15(9-13-5-7-14(29-4)8-6-13)20(22-23)31-21(28)19(27)18(26)17(25)16(10-24)30-21/h5-8,11,16-19,24-28H,9-10H2,1-4H3/t16-,17-,18+,19-,21+/m1/s1. The Morgan fingerprint density at radius 3 is 2.35 bits per heavy atom. The van der Waals surface area contributed by atoms with Crippen LogP contribution < -0.4 is 9.47 Å². The Hall–Kier alpha value is -2.21. The number of rotatable bonds is 7. The van der Waals surface area contributed by atoms with Crippen LogP contribution in [0.25, 0.3) is 0 Å². The molecule has 0 spiro atoms. The van der Waals surface area contributed by atoms with Gasteiger partial charge in [-0.15, -0.1) is 5.10 Å². The van der Waals surface area contributed by atoms with Gasteiger partial charge in [0.15, 0.2) is 6.10 Å². The summed E-state index contributed by atoms with van der Waals surface area (Å²) in [6.45, 7) is 5.03. The molecule has 5 atom stereocenters. The third-order valence-corrected chi connectivity index (χ3v) is 5.44. The van der Waals surface area contributed by atoms with E-state index >= 15 is 0 Å². The molecule has 0 saturated carbocycles. The van der Waals surface area contributed by atoms with Crippen molar-refractivity contribution in [1.29, 1.82) is 0 Å². The molecule has 2 aromatic rings. The summed E-state index contributed by atoms with van der Waals surface area (Å²) in [5.74, 6) is -2.00. The monoisotopic (exact) mass is 438 g/mol. The molecule has 172 valence electrons. The smallest absolute Gasteiger partial charge is 0.356 e. The summed E-state index contributed by atoms with van der Waals surface area (Å²) in [4.78, 5) is 0. The molecule has 1 aliphatic heterocycles. The van der Waals surface area contributed by atoms with Crippen LogP contribution in [0.3, 0.4) is 0 Å². The molecule has 0 unspecified atom stereocenters. The first-order valence-corrected chi connectivity index (χ1v) is 10.1. The zero-order chi connectivity index (χ0) is 22.9. The van der Waals surface area contributed by atoms with Crippen LogP contribution in [-0.4, -0.2) is 79.4 Å². The Morgan fingerprint density at radius 1 is 1.16 bits per heavy atom. The topological polar surface area (TPSA) is 147 Å². The van der Waals surface area contributed by atoms with Crippen LogP contribution in [0.4, 0.5) is 0 Å². The zero-order valence-electron chi connectivity index (χ0n) is 18.0. The molecular weight excluding hydrogens is 408 g/mol. The summed E-state index contributed by atoms with van der Waals surface area (Å²) in [5.41, 5.74) is 2.36. The van der Waals surface area contributed by atoms with Crippen molar-refractivity contribution in [2.75, 3.05) is 13.7 Å². The van der Waals surface area contributed by atoms with Crippen molar-refractivity contribution in [1.82, 2.24) is 9.78 Å². The molecule has 31 heavy (non-hydrogen) atoms. The van der Waals surface area contributed by atoms with Crippen LogP contribution in [0.5, 0.6) is 11.6 Å². The van der Waals surface area contributed by atoms with Crippen LogP contribution in [0.15, 0.2) is 24.3 Å². The average molecular weight is 438 g/mol. The average Bonchev–Trinajstić information content (AvgIpc) is 3.05. The van der Waals surface area contributed by atoms with Gasteiger partial charge in [-0.3, -0.25) is 4.68 Å². The number of benzene rings is 1. The first-order valence-electron chi connectivity index (χ1n) is 10.1. The SMILES string of the molecule is COc1ccc(Cc2c(O[C@@]3(O)O[C@H](CO)[C@@H](O)[C@H](O)[C@H]3O)nn(C(C)C)c2C)cc1. The van der Waals surface area contributed by atoms with E-state index in [1.54, 1.807) is 11.8 Å². The fourth-order valence-electron chi connectivity index (χ4n) is 3.61. The molecule has 5 N–H and O–H groups in total. The van der Waals surface area contributed by atoms with Gasteiger partial charge in [0.1, 0.15) is 24.1 Å². The predicted molar refractivity (Wildman–Crippen MR) is 109 cm³/mol. The summed E-state index contributed by atoms with van der Waals surface area (Å²) in [5, 5.41) is 55.0. The van der Waals surface area contributed by atoms with E-state index in [0.717, 1.165) is 11.3 Å². The number of ether oxygens (including phenoxy) is 3. The number of hydrogen-bond donors (Lipinski definition) is 5. The quantitative estimate of drug-likeness (QED) is 0.373. The molecule has 1 aromatic carbocycles. The van der Waals surface area contributed by atoms with E-state index in [4.69, 9.17) is 14.2 Å². The van der Waals surface area contributed by atoms with Crippen molar-refractivity contribution in [2.24, 2.45) is 0 Å². The van der Waals surface area contributed by atoms with Crippen molar-refractivity contribution < 1.29 is 39.7 Å². The lowest BCUT2D eigenvalue weighted by Crippen LogP contribution is -2.67. The number of methoxy groups -OCH3 is 1. The number of hydrogen-bond acceptors (Lipinski definition) is 9. The van der Waals surface area contributed by atoms with Gasteiger partial charge in [-0.05, 0) is 38.5 Å². The maximum atomic E-state index is 10.8. The van der Waals surface area contributed by atoms with Crippen LogP contribution in [0.2, 0.25) is 0 Å². The van der Waals surface area contributed by atoms with Gasteiger partial charge in [-0.25, -0.2) is 0 Å². The Labute approximate surface area is 180 Å². The van der Waals surface area contributed by atoms with E-state index < -0.39 is 37.0 Å². The summed E-state index contributed by atoms with van der Waals surface area (Å²) in [6, 6.07) is 7.40. The van der Waals surface area contributed by atoms with E-state index in [1.807, 2.05) is 45.0 Å². The fourth-order valence-corrected chi connectivity index (χ4v) is 3.61. The minimum absolute atomic E-state index is 0.00356. The number of aromatic nitrogens is 2. The second-order valence-electron chi connectivity index (χ2n) is 7.93. The number of aliphatic hydroxyl groups excluding tert-OH is 4. The summed E-state index contributed by atoms with van der Waals surface area (Å²) < 4.78 is 17.7. The molecule has 10 heteroatoms. The summed E-state index contributed by atoms with van der Waals surface area (Å²) in [7, 11) is 1.58. The lowest BCUT2D eigenvalue weighted by atomic mass is 9.98. The van der Waals surface area contributed by atoms with Crippen molar-refractivity contribution in [3.63, 3.8) is 0 Å². The third kappa shape index (κ3) is 4.54. The van der Waals surface area contributed by atoms with Gasteiger partial charge in [0.05, 0.1) is 13.7 Å². The van der Waals surface area contributed by atoms with Crippen molar-refractivity contribution in [2.45, 2.75) is 63.6 Å². The highest BCUT2D eigenvalue weighted by atomic mass is 16.8. The van der Waals surface area contributed by atoms with Gasteiger partial charge in [0.25, 0.3) is 0 Å². The van der Waals surface area contributed by atoms with Gasteiger partial charge in [0.2, 0.25) is 5.88 Å². The Morgan fingerprint density at radius 2 is 1.81 bits per heavy atom. The van der Waals surface area contributed by atoms with E-state index in [-0.39, 0.29) is 11.9 Å². The van der Waals surface area contributed by atoms with Crippen molar-refractivity contribution in [3.8, 4) is 11.6 Å². The summed E-state index contributed by atoms with van der Waals surface area (Å²) in [6.07, 6.45) is -6.35. The van der Waals surface area contributed by atoms with Gasteiger partial charge in [-0.1, -0.05) is 12.1 Å². The van der Waals surface area contributed by atoms with E-state index in [2.05, 4.69) is 5.10 Å². The predicted octanol–water partition coefficient (Wildman–Crippen LogP) is -0.129. The van der Waals surface area contributed by atoms with E-state index in [0.29, 0.717) is 17.7 Å². The maximum Gasteiger partial charge on any atom is 0.356 e. The lowest BCUT2D eigenvalue weighted by molar-refractivity contribution is -0.423. The molecular formula is C21H30N2O8. The largest absolute Gasteiger partial charge is 0.497 e. The molecule has 3 rings (SSSR count). The molecule has 1 aromatic heterocycles. The molecule has 1 fully saturated rings. The van der Waals surface area contributed by atoms with Crippen molar-refractivity contribution in [3.05, 3.63) is 41.1 Å². The van der Waals surface area contributed by atoms with Gasteiger partial charge < -0.3 is 39.7 Å². The number of nitrogens with zero attached hydrogens (tertiary/aromatic N) is 2. The highest BCUT2D eigenvalue weighted by Gasteiger charge is 2.55. The maximum absolute atomic E-state index is 10.8. The Kier molecular flexibility index (Phi) is 6.89. The Bertz CT molecular complexity index is 882. The molecule has 0 bridgehead atoms. The first kappa shape index (κ1) is 23.5.